The van der Waals surface area contributed by atoms with Crippen LogP contribution in [0.4, 0.5) is 0 Å². The molecule has 0 N–H and O–H groups in total. The number of epoxide rings is 1. The highest BCUT2D eigenvalue weighted by Crippen LogP contribution is 2.75. The summed E-state index contributed by atoms with van der Waals surface area (Å²) in [4.78, 5) is 28.2. The molecule has 6 nitrogen and oxygen atoms in total. The van der Waals surface area contributed by atoms with Crippen LogP contribution in [0.25, 0.3) is 0 Å². The molecule has 0 aromatic carbocycles. The Labute approximate surface area is 166 Å². The zero-order valence-corrected chi connectivity index (χ0v) is 17.7. The molecule has 6 heteroatoms. The number of ketones is 2. The molecule has 0 spiro atoms. The Morgan fingerprint density at radius 2 is 1.86 bits per heavy atom. The van der Waals surface area contributed by atoms with Gasteiger partial charge >= 0.3 is 0 Å². The lowest BCUT2D eigenvalue weighted by atomic mass is 9.37. The molecule has 0 bridgehead atoms. The van der Waals surface area contributed by atoms with Crippen molar-refractivity contribution in [2.45, 2.75) is 71.6 Å². The van der Waals surface area contributed by atoms with E-state index in [1.807, 2.05) is 13.8 Å². The van der Waals surface area contributed by atoms with Gasteiger partial charge in [-0.2, -0.15) is 10.2 Å². The molecular weight excluding hydrogens is 356 g/mol. The first kappa shape index (κ1) is 18.5. The van der Waals surface area contributed by atoms with E-state index in [2.05, 4.69) is 31.0 Å². The van der Waals surface area contributed by atoms with Gasteiger partial charge in [0.1, 0.15) is 11.5 Å². The fraction of sp³-hybridized carbons (Fsp3) is 0.818. The SMILES string of the molecule is COC1=C(C(C)C)C(=O)[C@]23CN=NC2(C1=O)[C@@]1(C)CCCC(C)(C)[C@@H]1[C@H]1O[C@H]13. The number of allylic oxidation sites excluding steroid dienone is 1. The number of carbonyl (C=O) groups is 2. The number of hydrogen-bond acceptors (Lipinski definition) is 6. The van der Waals surface area contributed by atoms with Gasteiger partial charge in [-0.25, -0.2) is 0 Å². The predicted molar refractivity (Wildman–Crippen MR) is 102 cm³/mol. The standard InChI is InChI=1S/C22H30N2O4/c1-11(2)12-13(27-6)17(26)22-20(5)9-7-8-19(3,4)15(20)14-18(28-14)21(22,16(12)25)10-23-24-22/h11,14-15,18H,7-10H2,1-6H3/t14-,15+,18-,20+,21+,22?/m1/s1. The lowest BCUT2D eigenvalue weighted by Gasteiger charge is -2.63. The third-order valence-electron chi connectivity index (χ3n) is 8.61. The minimum Gasteiger partial charge on any atom is -0.492 e. The van der Waals surface area contributed by atoms with Crippen molar-refractivity contribution in [3.63, 3.8) is 0 Å². The maximum Gasteiger partial charge on any atom is 0.228 e. The molecule has 0 amide bonds. The molecule has 6 atom stereocenters. The van der Waals surface area contributed by atoms with Gasteiger partial charge in [-0.15, -0.1) is 0 Å². The van der Waals surface area contributed by atoms with Crippen molar-refractivity contribution < 1.29 is 19.1 Å². The Kier molecular flexibility index (Phi) is 3.38. The third-order valence-corrected chi connectivity index (χ3v) is 8.61. The maximum atomic E-state index is 14.1. The Hall–Kier alpha value is -1.56. The van der Waals surface area contributed by atoms with Gasteiger partial charge in [0.25, 0.3) is 0 Å². The molecule has 5 rings (SSSR count). The molecule has 1 unspecified atom stereocenters. The summed E-state index contributed by atoms with van der Waals surface area (Å²) >= 11 is 0. The molecule has 28 heavy (non-hydrogen) atoms. The molecule has 5 aliphatic rings. The largest absolute Gasteiger partial charge is 0.492 e. The van der Waals surface area contributed by atoms with Gasteiger partial charge in [-0.05, 0) is 24.2 Å². The van der Waals surface area contributed by atoms with Gasteiger partial charge in [-0.1, -0.05) is 41.0 Å². The zero-order chi connectivity index (χ0) is 20.3. The summed E-state index contributed by atoms with van der Waals surface area (Å²) in [5, 5.41) is 9.08. The van der Waals surface area contributed by atoms with Crippen molar-refractivity contribution in [2.24, 2.45) is 38.3 Å². The van der Waals surface area contributed by atoms with Crippen LogP contribution in [-0.2, 0) is 19.1 Å². The summed E-state index contributed by atoms with van der Waals surface area (Å²) in [6.45, 7) is 10.8. The van der Waals surface area contributed by atoms with Gasteiger partial charge < -0.3 is 9.47 Å². The summed E-state index contributed by atoms with van der Waals surface area (Å²) in [6.07, 6.45) is 2.68. The topological polar surface area (TPSA) is 80.6 Å². The number of nitrogens with zero attached hydrogens (tertiary/aromatic N) is 2. The van der Waals surface area contributed by atoms with Crippen molar-refractivity contribution in [1.29, 1.82) is 0 Å². The first-order valence-corrected chi connectivity index (χ1v) is 10.5. The van der Waals surface area contributed by atoms with E-state index in [0.717, 1.165) is 19.3 Å². The third kappa shape index (κ3) is 1.64. The van der Waals surface area contributed by atoms with Crippen LogP contribution in [0.1, 0.15) is 53.9 Å². The normalized spacial score (nSPS) is 48.2. The van der Waals surface area contributed by atoms with E-state index in [-0.39, 0.29) is 53.3 Å². The number of azo groups is 1. The molecular formula is C22H30N2O4. The fourth-order valence-electron chi connectivity index (χ4n) is 7.68. The van der Waals surface area contributed by atoms with Crippen LogP contribution < -0.4 is 0 Å². The van der Waals surface area contributed by atoms with Gasteiger partial charge in [-0.3, -0.25) is 9.59 Å². The first-order valence-electron chi connectivity index (χ1n) is 10.5. The zero-order valence-electron chi connectivity index (χ0n) is 17.7. The molecule has 2 heterocycles. The van der Waals surface area contributed by atoms with Crippen molar-refractivity contribution in [3.8, 4) is 0 Å². The number of ether oxygens (including phenoxy) is 2. The monoisotopic (exact) mass is 386 g/mol. The summed E-state index contributed by atoms with van der Waals surface area (Å²) < 4.78 is 11.9. The van der Waals surface area contributed by atoms with Crippen LogP contribution in [0.15, 0.2) is 21.6 Å². The van der Waals surface area contributed by atoms with Crippen LogP contribution in [0.2, 0.25) is 0 Å². The van der Waals surface area contributed by atoms with Gasteiger partial charge in [0.2, 0.25) is 5.78 Å². The summed E-state index contributed by atoms with van der Waals surface area (Å²) in [6, 6.07) is 0. The molecule has 152 valence electrons. The number of rotatable bonds is 2. The minimum atomic E-state index is -1.21. The van der Waals surface area contributed by atoms with E-state index in [1.54, 1.807) is 0 Å². The van der Waals surface area contributed by atoms with E-state index in [4.69, 9.17) is 9.47 Å². The summed E-state index contributed by atoms with van der Waals surface area (Å²) in [5.41, 5.74) is -2.19. The average molecular weight is 386 g/mol. The van der Waals surface area contributed by atoms with Crippen molar-refractivity contribution in [1.82, 2.24) is 0 Å². The Balaban J connectivity index is 1.83. The smallest absolute Gasteiger partial charge is 0.228 e. The number of hydrogen-bond donors (Lipinski definition) is 0. The van der Waals surface area contributed by atoms with E-state index < -0.39 is 16.4 Å². The number of methoxy groups -OCH3 is 1. The number of Topliss-reactive ketones (excluding diaryl/α,β-unsaturated/α-hetero) is 2. The van der Waals surface area contributed by atoms with E-state index in [9.17, 15) is 9.59 Å². The highest BCUT2D eigenvalue weighted by atomic mass is 16.6. The van der Waals surface area contributed by atoms with Gasteiger partial charge in [0.15, 0.2) is 17.1 Å². The van der Waals surface area contributed by atoms with E-state index in [1.165, 1.54) is 7.11 Å². The minimum absolute atomic E-state index is 0.00572. The lowest BCUT2D eigenvalue weighted by molar-refractivity contribution is -0.166. The molecule has 1 saturated heterocycles. The van der Waals surface area contributed by atoms with Crippen molar-refractivity contribution in [3.05, 3.63) is 11.3 Å². The van der Waals surface area contributed by atoms with Gasteiger partial charge in [0, 0.05) is 16.9 Å². The molecule has 3 aliphatic carbocycles. The van der Waals surface area contributed by atoms with E-state index >= 15 is 0 Å². The molecule has 3 fully saturated rings. The highest BCUT2D eigenvalue weighted by Gasteiger charge is 2.88. The predicted octanol–water partition coefficient (Wildman–Crippen LogP) is 3.50. The Morgan fingerprint density at radius 3 is 2.50 bits per heavy atom. The quantitative estimate of drug-likeness (QED) is 0.680. The number of fused-ring (bicyclic) bond motifs is 3. The molecule has 2 saturated carbocycles. The number of carbonyl (C=O) groups excluding carboxylic acids is 2. The Bertz CT molecular complexity index is 859. The summed E-state index contributed by atoms with van der Waals surface area (Å²) in [5.74, 6) is 0.0708. The van der Waals surface area contributed by atoms with E-state index in [0.29, 0.717) is 5.57 Å². The van der Waals surface area contributed by atoms with Crippen molar-refractivity contribution in [2.75, 3.05) is 13.7 Å². The average Bonchev–Trinajstić information content (AvgIpc) is 3.26. The second kappa shape index (κ2) is 5.13. The molecule has 0 aromatic rings. The lowest BCUT2D eigenvalue weighted by Crippen LogP contribution is -2.76. The molecule has 0 radical (unpaired) electrons. The van der Waals surface area contributed by atoms with Crippen LogP contribution in [0.5, 0.6) is 0 Å². The maximum absolute atomic E-state index is 14.1. The van der Waals surface area contributed by atoms with Crippen LogP contribution in [0.3, 0.4) is 0 Å². The second-order valence-corrected chi connectivity index (χ2v) is 10.6. The highest BCUT2D eigenvalue weighted by molar-refractivity contribution is 6.20. The van der Waals surface area contributed by atoms with Crippen LogP contribution >= 0.6 is 0 Å². The molecule has 2 aliphatic heterocycles. The van der Waals surface area contributed by atoms with Gasteiger partial charge in [0.05, 0.1) is 19.8 Å². The first-order chi connectivity index (χ1) is 13.1. The Morgan fingerprint density at radius 1 is 1.14 bits per heavy atom. The van der Waals surface area contributed by atoms with Crippen LogP contribution in [0, 0.1) is 28.1 Å². The second-order valence-electron chi connectivity index (χ2n) is 10.6. The van der Waals surface area contributed by atoms with Crippen LogP contribution in [-0.4, -0.2) is 43.0 Å². The summed E-state index contributed by atoms with van der Waals surface area (Å²) in [7, 11) is 1.49. The van der Waals surface area contributed by atoms with Crippen molar-refractivity contribution >= 4 is 11.6 Å². The molecule has 0 aromatic heterocycles. The fourth-order valence-corrected chi connectivity index (χ4v) is 7.68.